The molecule has 128 valence electrons. The van der Waals surface area contributed by atoms with Crippen molar-refractivity contribution in [1.82, 2.24) is 14.9 Å². The van der Waals surface area contributed by atoms with Crippen LogP contribution in [0.2, 0.25) is 0 Å². The van der Waals surface area contributed by atoms with Crippen molar-refractivity contribution in [1.29, 1.82) is 0 Å². The van der Waals surface area contributed by atoms with Crippen LogP contribution in [0.5, 0.6) is 0 Å². The summed E-state index contributed by atoms with van der Waals surface area (Å²) in [6.45, 7) is 4.99. The second-order valence-electron chi connectivity index (χ2n) is 6.67. The monoisotopic (exact) mass is 327 g/mol. The summed E-state index contributed by atoms with van der Waals surface area (Å²) in [5.74, 6) is 0.779. The van der Waals surface area contributed by atoms with E-state index in [0.29, 0.717) is 12.1 Å². The lowest BCUT2D eigenvalue weighted by atomic mass is 10.0. The number of carbonyl (C=O) groups excluding carboxylic acids is 1. The molecule has 0 aliphatic carbocycles. The van der Waals surface area contributed by atoms with E-state index in [2.05, 4.69) is 40.8 Å². The zero-order valence-electron chi connectivity index (χ0n) is 14.4. The van der Waals surface area contributed by atoms with Crippen LogP contribution in [0, 0.1) is 13.8 Å². The zero-order chi connectivity index (χ0) is 17.1. The highest BCUT2D eigenvalue weighted by Gasteiger charge is 2.19. The molecule has 2 heterocycles. The van der Waals surface area contributed by atoms with Gasteiger partial charge in [-0.05, 0) is 49.8 Å². The number of nitrogens with zero attached hydrogens (tertiary/aromatic N) is 2. The van der Waals surface area contributed by atoms with Crippen LogP contribution in [0.25, 0.3) is 0 Å². The molecule has 2 N–H and O–H groups in total. The summed E-state index contributed by atoms with van der Waals surface area (Å²) in [5, 5.41) is 12.5. The molecule has 1 aliphatic rings. The first-order valence-electron chi connectivity index (χ1n) is 8.60. The molecule has 1 atom stereocenters. The molecular formula is C19H25N3O2. The summed E-state index contributed by atoms with van der Waals surface area (Å²) >= 11 is 0. The summed E-state index contributed by atoms with van der Waals surface area (Å²) < 4.78 is 2.07. The van der Waals surface area contributed by atoms with Crippen LogP contribution >= 0.6 is 0 Å². The minimum atomic E-state index is -0.307. The third kappa shape index (κ3) is 3.67. The Morgan fingerprint density at radius 3 is 2.88 bits per heavy atom. The minimum absolute atomic E-state index is 0.0910. The van der Waals surface area contributed by atoms with Gasteiger partial charge in [0, 0.05) is 19.2 Å². The van der Waals surface area contributed by atoms with Crippen molar-refractivity contribution in [2.75, 3.05) is 6.61 Å². The summed E-state index contributed by atoms with van der Waals surface area (Å²) in [6.07, 6.45) is 5.63. The number of aryl methyl sites for hydroxylation is 4. The summed E-state index contributed by atoms with van der Waals surface area (Å²) in [4.78, 5) is 16.9. The standard InChI is InChI=1S/C19H25N3O2/c1-13-6-7-15(9-14(13)2)10-16(12-23)20-19(24)17-11-22-8-4-3-5-18(22)21-17/h6-7,9,11,16,23H,3-5,8,10,12H2,1-2H3,(H,20,24). The van der Waals surface area contributed by atoms with Gasteiger partial charge in [0.05, 0.1) is 12.6 Å². The van der Waals surface area contributed by atoms with Crippen molar-refractivity contribution in [2.45, 2.75) is 52.1 Å². The number of rotatable bonds is 5. The number of nitrogens with one attached hydrogen (secondary N) is 1. The van der Waals surface area contributed by atoms with Crippen LogP contribution in [-0.4, -0.2) is 33.2 Å². The second kappa shape index (κ2) is 7.18. The van der Waals surface area contributed by atoms with Gasteiger partial charge in [-0.25, -0.2) is 4.98 Å². The smallest absolute Gasteiger partial charge is 0.271 e. The van der Waals surface area contributed by atoms with Crippen LogP contribution in [0.3, 0.4) is 0 Å². The van der Waals surface area contributed by atoms with E-state index in [1.165, 1.54) is 11.1 Å². The van der Waals surface area contributed by atoms with Gasteiger partial charge in [0.25, 0.3) is 5.91 Å². The molecule has 2 aromatic rings. The van der Waals surface area contributed by atoms with Gasteiger partial charge in [-0.3, -0.25) is 4.79 Å². The fraction of sp³-hybridized carbons (Fsp3) is 0.474. The van der Waals surface area contributed by atoms with Crippen LogP contribution < -0.4 is 5.32 Å². The molecule has 1 aromatic heterocycles. The zero-order valence-corrected chi connectivity index (χ0v) is 14.4. The van der Waals surface area contributed by atoms with E-state index in [-0.39, 0.29) is 18.6 Å². The minimum Gasteiger partial charge on any atom is -0.394 e. The fourth-order valence-corrected chi connectivity index (χ4v) is 3.16. The van der Waals surface area contributed by atoms with Crippen LogP contribution in [0.1, 0.15) is 45.8 Å². The highest BCUT2D eigenvalue weighted by molar-refractivity contribution is 5.92. The summed E-state index contributed by atoms with van der Waals surface area (Å²) in [6, 6.07) is 5.93. The number of hydrogen-bond donors (Lipinski definition) is 2. The SMILES string of the molecule is Cc1ccc(CC(CO)NC(=O)c2cn3c(n2)CCCC3)cc1C. The van der Waals surface area contributed by atoms with Crippen LogP contribution in [0.4, 0.5) is 0 Å². The highest BCUT2D eigenvalue weighted by Crippen LogP contribution is 2.15. The molecule has 0 saturated carbocycles. The molecule has 0 fully saturated rings. The van der Waals surface area contributed by atoms with Gasteiger partial charge in [0.2, 0.25) is 0 Å². The fourth-order valence-electron chi connectivity index (χ4n) is 3.16. The molecule has 5 nitrogen and oxygen atoms in total. The van der Waals surface area contributed by atoms with E-state index in [9.17, 15) is 9.90 Å². The number of aromatic nitrogens is 2. The van der Waals surface area contributed by atoms with E-state index < -0.39 is 0 Å². The van der Waals surface area contributed by atoms with Gasteiger partial charge in [0.1, 0.15) is 11.5 Å². The quantitative estimate of drug-likeness (QED) is 0.884. The number of aliphatic hydroxyl groups is 1. The van der Waals surface area contributed by atoms with Crippen LogP contribution in [0.15, 0.2) is 24.4 Å². The number of imidazole rings is 1. The maximum atomic E-state index is 12.4. The summed E-state index contributed by atoms with van der Waals surface area (Å²) in [7, 11) is 0. The third-order valence-corrected chi connectivity index (χ3v) is 4.75. The Kier molecular flexibility index (Phi) is 5.00. The normalized spacial score (nSPS) is 15.0. The maximum absolute atomic E-state index is 12.4. The number of carbonyl (C=O) groups is 1. The predicted molar refractivity (Wildman–Crippen MR) is 93.1 cm³/mol. The topological polar surface area (TPSA) is 67.2 Å². The number of hydrogen-bond acceptors (Lipinski definition) is 3. The first-order valence-corrected chi connectivity index (χ1v) is 8.60. The molecule has 5 heteroatoms. The largest absolute Gasteiger partial charge is 0.394 e. The Morgan fingerprint density at radius 2 is 2.17 bits per heavy atom. The van der Waals surface area contributed by atoms with Crippen molar-refractivity contribution in [2.24, 2.45) is 0 Å². The molecule has 24 heavy (non-hydrogen) atoms. The van der Waals surface area contributed by atoms with Crippen molar-refractivity contribution < 1.29 is 9.90 Å². The molecule has 1 aromatic carbocycles. The molecule has 0 spiro atoms. The highest BCUT2D eigenvalue weighted by atomic mass is 16.3. The molecule has 1 amide bonds. The van der Waals surface area contributed by atoms with Crippen molar-refractivity contribution in [3.63, 3.8) is 0 Å². The number of aliphatic hydroxyl groups excluding tert-OH is 1. The van der Waals surface area contributed by atoms with Gasteiger partial charge in [-0.1, -0.05) is 18.2 Å². The van der Waals surface area contributed by atoms with Crippen molar-refractivity contribution >= 4 is 5.91 Å². The van der Waals surface area contributed by atoms with Gasteiger partial charge in [-0.2, -0.15) is 0 Å². The second-order valence-corrected chi connectivity index (χ2v) is 6.67. The molecule has 1 unspecified atom stereocenters. The van der Waals surface area contributed by atoms with E-state index in [1.807, 2.05) is 12.3 Å². The number of fused-ring (bicyclic) bond motifs is 1. The molecular weight excluding hydrogens is 302 g/mol. The van der Waals surface area contributed by atoms with E-state index >= 15 is 0 Å². The molecule has 0 saturated heterocycles. The van der Waals surface area contributed by atoms with Crippen molar-refractivity contribution in [3.8, 4) is 0 Å². The first-order chi connectivity index (χ1) is 11.6. The lowest BCUT2D eigenvalue weighted by Gasteiger charge is -2.16. The number of amides is 1. The van der Waals surface area contributed by atoms with Gasteiger partial charge in [0.15, 0.2) is 0 Å². The average Bonchev–Trinajstić information content (AvgIpc) is 3.01. The Hall–Kier alpha value is -2.14. The predicted octanol–water partition coefficient (Wildman–Crippen LogP) is 2.17. The molecule has 3 rings (SSSR count). The van der Waals surface area contributed by atoms with Crippen molar-refractivity contribution in [3.05, 3.63) is 52.6 Å². The first kappa shape index (κ1) is 16.7. The van der Waals surface area contributed by atoms with Gasteiger partial charge < -0.3 is 15.0 Å². The lowest BCUT2D eigenvalue weighted by Crippen LogP contribution is -2.39. The Morgan fingerprint density at radius 1 is 1.33 bits per heavy atom. The van der Waals surface area contributed by atoms with E-state index in [4.69, 9.17) is 0 Å². The van der Waals surface area contributed by atoms with E-state index in [0.717, 1.165) is 37.2 Å². The number of benzene rings is 1. The maximum Gasteiger partial charge on any atom is 0.271 e. The molecule has 1 aliphatic heterocycles. The summed E-state index contributed by atoms with van der Waals surface area (Å²) in [5.41, 5.74) is 4.02. The Labute approximate surface area is 142 Å². The van der Waals surface area contributed by atoms with E-state index in [1.54, 1.807) is 0 Å². The molecule has 0 bridgehead atoms. The van der Waals surface area contributed by atoms with Crippen LogP contribution in [-0.2, 0) is 19.4 Å². The Balaban J connectivity index is 1.66. The molecule has 0 radical (unpaired) electrons. The Bertz CT molecular complexity index is 713. The third-order valence-electron chi connectivity index (χ3n) is 4.75. The van der Waals surface area contributed by atoms with Gasteiger partial charge >= 0.3 is 0 Å². The lowest BCUT2D eigenvalue weighted by molar-refractivity contribution is 0.0911. The average molecular weight is 327 g/mol. The van der Waals surface area contributed by atoms with Gasteiger partial charge in [-0.15, -0.1) is 0 Å².